The lowest BCUT2D eigenvalue weighted by molar-refractivity contribution is 0.0972. The lowest BCUT2D eigenvalue weighted by Crippen LogP contribution is -2.38. The first kappa shape index (κ1) is 22.3. The number of hydrogen-bond donors (Lipinski definition) is 4. The second-order valence-corrected chi connectivity index (χ2v) is 5.66. The molecule has 2 rings (SSSR count). The van der Waals surface area contributed by atoms with Crippen molar-refractivity contribution in [1.29, 1.82) is 0 Å². The number of nitrogens with one attached hydrogen (secondary N) is 1. The quantitative estimate of drug-likeness (QED) is 0.316. The molecule has 0 aliphatic heterocycles. The molecule has 0 bridgehead atoms. The van der Waals surface area contributed by atoms with Crippen molar-refractivity contribution in [3.05, 3.63) is 40.7 Å². The van der Waals surface area contributed by atoms with E-state index in [4.69, 9.17) is 33.5 Å². The number of aryl methyl sites for hydroxylation is 1. The van der Waals surface area contributed by atoms with Gasteiger partial charge in [0.2, 0.25) is 0 Å². The number of ether oxygens (including phenoxy) is 1. The molecule has 0 atom stereocenters. The normalized spacial score (nSPS) is 10.8. The van der Waals surface area contributed by atoms with Gasteiger partial charge in [0, 0.05) is 6.54 Å². The minimum absolute atomic E-state index is 0. The molecule has 2 aromatic rings. The first-order valence-corrected chi connectivity index (χ1v) is 8.11. The van der Waals surface area contributed by atoms with Gasteiger partial charge in [-0.2, -0.15) is 0 Å². The second-order valence-electron chi connectivity index (χ2n) is 5.31. The summed E-state index contributed by atoms with van der Waals surface area (Å²) in [5.74, 6) is -0.0892. The van der Waals surface area contributed by atoms with E-state index in [0.717, 1.165) is 24.2 Å². The minimum atomic E-state index is -0.659. The summed E-state index contributed by atoms with van der Waals surface area (Å²) >= 11 is 5.74. The summed E-state index contributed by atoms with van der Waals surface area (Å²) in [6.45, 7) is 0.446. The number of nitrogens with zero attached hydrogens (tertiary/aromatic N) is 3. The summed E-state index contributed by atoms with van der Waals surface area (Å²) in [4.78, 5) is 23.7. The van der Waals surface area contributed by atoms with Gasteiger partial charge in [-0.25, -0.2) is 9.97 Å². The van der Waals surface area contributed by atoms with Crippen LogP contribution in [0.4, 0.5) is 11.6 Å². The molecule has 0 saturated carbocycles. The Labute approximate surface area is 167 Å². The minimum Gasteiger partial charge on any atom is -0.497 e. The number of halogens is 2. The molecule has 1 heterocycles. The summed E-state index contributed by atoms with van der Waals surface area (Å²) in [5, 5.41) is 2.28. The molecule has 0 spiro atoms. The molecule has 1 aromatic carbocycles. The van der Waals surface area contributed by atoms with Gasteiger partial charge in [-0.15, -0.1) is 12.4 Å². The zero-order valence-electron chi connectivity index (χ0n) is 14.6. The number of guanidine groups is 1. The van der Waals surface area contributed by atoms with Crippen molar-refractivity contribution >= 4 is 47.5 Å². The lowest BCUT2D eigenvalue weighted by Gasteiger charge is -2.07. The lowest BCUT2D eigenvalue weighted by atomic mass is 10.1. The smallest absolute Gasteiger partial charge is 0.280 e. The number of benzene rings is 1. The molecule has 0 aliphatic rings. The zero-order valence-corrected chi connectivity index (χ0v) is 16.2. The summed E-state index contributed by atoms with van der Waals surface area (Å²) in [6.07, 6.45) is 1.58. The van der Waals surface area contributed by atoms with E-state index in [1.54, 1.807) is 7.11 Å². The van der Waals surface area contributed by atoms with Gasteiger partial charge in [0.15, 0.2) is 28.4 Å². The van der Waals surface area contributed by atoms with Gasteiger partial charge in [-0.3, -0.25) is 15.1 Å². The SMILES string of the molecule is COc1ccc(CCCN=C(N)NC(=O)c2nc(Cl)c(N)nc2N)cc1.Cl. The molecule has 0 radical (unpaired) electrons. The van der Waals surface area contributed by atoms with Crippen LogP contribution < -0.4 is 27.3 Å². The summed E-state index contributed by atoms with van der Waals surface area (Å²) in [5.41, 5.74) is 17.8. The Hall–Kier alpha value is -2.78. The number of amides is 1. The first-order valence-electron chi connectivity index (χ1n) is 7.73. The first-order chi connectivity index (χ1) is 12.4. The van der Waals surface area contributed by atoms with E-state index in [2.05, 4.69) is 20.3 Å². The van der Waals surface area contributed by atoms with Crippen LogP contribution in [0.1, 0.15) is 22.5 Å². The topological polar surface area (TPSA) is 155 Å². The maximum atomic E-state index is 12.1. The van der Waals surface area contributed by atoms with Crippen LogP contribution in [-0.4, -0.2) is 35.5 Å². The highest BCUT2D eigenvalue weighted by Gasteiger charge is 2.16. The molecule has 146 valence electrons. The van der Waals surface area contributed by atoms with E-state index < -0.39 is 5.91 Å². The fourth-order valence-electron chi connectivity index (χ4n) is 2.10. The third kappa shape index (κ3) is 6.46. The van der Waals surface area contributed by atoms with Crippen molar-refractivity contribution in [3.8, 4) is 5.75 Å². The molecule has 0 saturated heterocycles. The molecule has 1 aromatic heterocycles. The predicted molar refractivity (Wildman–Crippen MR) is 108 cm³/mol. The van der Waals surface area contributed by atoms with Crippen molar-refractivity contribution < 1.29 is 9.53 Å². The van der Waals surface area contributed by atoms with E-state index >= 15 is 0 Å². The predicted octanol–water partition coefficient (Wildman–Crippen LogP) is 1.40. The van der Waals surface area contributed by atoms with E-state index in [0.29, 0.717) is 6.54 Å². The number of rotatable bonds is 6. The highest BCUT2D eigenvalue weighted by atomic mass is 35.5. The average Bonchev–Trinajstić information content (AvgIpc) is 2.62. The number of carbonyl (C=O) groups excluding carboxylic acids is 1. The highest BCUT2D eigenvalue weighted by Crippen LogP contribution is 2.17. The van der Waals surface area contributed by atoms with E-state index in [9.17, 15) is 4.79 Å². The molecule has 0 aliphatic carbocycles. The van der Waals surface area contributed by atoms with Crippen LogP contribution in [-0.2, 0) is 6.42 Å². The average molecular weight is 414 g/mol. The summed E-state index contributed by atoms with van der Waals surface area (Å²) < 4.78 is 5.11. The van der Waals surface area contributed by atoms with Gasteiger partial charge in [-0.05, 0) is 30.5 Å². The highest BCUT2D eigenvalue weighted by molar-refractivity contribution is 6.31. The Balaban J connectivity index is 0.00000364. The number of carbonyl (C=O) groups is 1. The van der Waals surface area contributed by atoms with Crippen molar-refractivity contribution in [3.63, 3.8) is 0 Å². The van der Waals surface area contributed by atoms with E-state index in [1.165, 1.54) is 0 Å². The summed E-state index contributed by atoms with van der Waals surface area (Å²) in [7, 11) is 1.62. The fraction of sp³-hybridized carbons (Fsp3) is 0.250. The van der Waals surface area contributed by atoms with Gasteiger partial charge in [0.05, 0.1) is 7.11 Å². The standard InChI is InChI=1S/C16H20ClN7O2.ClH/c1-26-10-6-4-9(5-7-10)3-2-8-21-16(20)24-15(25)11-13(18)23-14(19)12(17)22-11;/h4-7H,2-3,8H2,1H3,(H4,18,19,23)(H3,20,21,24,25);1H. The van der Waals surface area contributed by atoms with Crippen LogP contribution in [0.25, 0.3) is 0 Å². The number of aromatic nitrogens is 2. The zero-order chi connectivity index (χ0) is 19.1. The van der Waals surface area contributed by atoms with Gasteiger partial charge in [0.1, 0.15) is 5.75 Å². The maximum absolute atomic E-state index is 12.1. The number of anilines is 2. The van der Waals surface area contributed by atoms with Crippen LogP contribution in [0.5, 0.6) is 5.75 Å². The fourth-order valence-corrected chi connectivity index (χ4v) is 2.23. The number of hydrogen-bond acceptors (Lipinski definition) is 7. The molecule has 11 heteroatoms. The van der Waals surface area contributed by atoms with Gasteiger partial charge < -0.3 is 21.9 Å². The number of methoxy groups -OCH3 is 1. The maximum Gasteiger partial charge on any atom is 0.280 e. The van der Waals surface area contributed by atoms with Crippen molar-refractivity contribution in [2.75, 3.05) is 25.1 Å². The van der Waals surface area contributed by atoms with Crippen LogP contribution in [0, 0.1) is 0 Å². The monoisotopic (exact) mass is 413 g/mol. The molecule has 0 unspecified atom stereocenters. The molecule has 27 heavy (non-hydrogen) atoms. The van der Waals surface area contributed by atoms with Crippen molar-refractivity contribution in [1.82, 2.24) is 15.3 Å². The molecule has 0 fully saturated rings. The van der Waals surface area contributed by atoms with Crippen LogP contribution in [0.15, 0.2) is 29.3 Å². The molecule has 7 N–H and O–H groups in total. The van der Waals surface area contributed by atoms with Crippen molar-refractivity contribution in [2.24, 2.45) is 10.7 Å². The Morgan fingerprint density at radius 3 is 2.52 bits per heavy atom. The molecular weight excluding hydrogens is 393 g/mol. The number of aliphatic imine (C=N–C) groups is 1. The largest absolute Gasteiger partial charge is 0.497 e. The summed E-state index contributed by atoms with van der Waals surface area (Å²) in [6, 6.07) is 7.77. The Bertz CT molecular complexity index is 813. The van der Waals surface area contributed by atoms with Crippen LogP contribution >= 0.6 is 24.0 Å². The second kappa shape index (κ2) is 10.4. The van der Waals surface area contributed by atoms with Gasteiger partial charge in [0.25, 0.3) is 5.91 Å². The van der Waals surface area contributed by atoms with Crippen LogP contribution in [0.2, 0.25) is 5.15 Å². The van der Waals surface area contributed by atoms with Crippen molar-refractivity contribution in [2.45, 2.75) is 12.8 Å². The molecule has 9 nitrogen and oxygen atoms in total. The third-order valence-corrected chi connectivity index (χ3v) is 3.70. The number of nitrogens with two attached hydrogens (primary N) is 3. The number of nitrogen functional groups attached to an aromatic ring is 2. The molecular formula is C16H21Cl2N7O2. The van der Waals surface area contributed by atoms with Gasteiger partial charge in [-0.1, -0.05) is 23.7 Å². The molecule has 1 amide bonds. The van der Waals surface area contributed by atoms with Gasteiger partial charge >= 0.3 is 0 Å². The Kier molecular flexibility index (Phi) is 8.57. The van der Waals surface area contributed by atoms with E-state index in [1.807, 2.05) is 24.3 Å². The Morgan fingerprint density at radius 2 is 1.89 bits per heavy atom. The third-order valence-electron chi connectivity index (χ3n) is 3.43. The Morgan fingerprint density at radius 1 is 1.22 bits per heavy atom. The van der Waals surface area contributed by atoms with Crippen LogP contribution in [0.3, 0.4) is 0 Å². The van der Waals surface area contributed by atoms with E-state index in [-0.39, 0.29) is 40.8 Å².